The van der Waals surface area contributed by atoms with E-state index in [1.807, 2.05) is 30.4 Å². The molecule has 0 N–H and O–H groups in total. The molecule has 1 atom stereocenters. The van der Waals surface area contributed by atoms with E-state index in [0.717, 1.165) is 22.8 Å². The van der Waals surface area contributed by atoms with Gasteiger partial charge in [-0.1, -0.05) is 18.2 Å². The molecular formula is C14H14N2O. The Kier molecular flexibility index (Phi) is 2.34. The highest BCUT2D eigenvalue weighted by Crippen LogP contribution is 2.36. The van der Waals surface area contributed by atoms with Crippen molar-refractivity contribution >= 4 is 17.1 Å². The molecule has 0 saturated carbocycles. The molecule has 2 aliphatic rings. The van der Waals surface area contributed by atoms with Crippen LogP contribution in [0.25, 0.3) is 0 Å². The van der Waals surface area contributed by atoms with Crippen LogP contribution < -0.4 is 4.90 Å². The maximum atomic E-state index is 5.44. The van der Waals surface area contributed by atoms with E-state index >= 15 is 0 Å². The molecule has 86 valence electrons. The van der Waals surface area contributed by atoms with Crippen LogP contribution in [0.1, 0.15) is 0 Å². The zero-order valence-electron chi connectivity index (χ0n) is 9.92. The van der Waals surface area contributed by atoms with Gasteiger partial charge in [-0.15, -0.1) is 0 Å². The van der Waals surface area contributed by atoms with Crippen LogP contribution in [0.3, 0.4) is 0 Å². The van der Waals surface area contributed by atoms with Gasteiger partial charge in [0.05, 0.1) is 22.8 Å². The van der Waals surface area contributed by atoms with Gasteiger partial charge in [-0.25, -0.2) is 4.99 Å². The molecule has 1 unspecified atom stereocenters. The molecule has 0 fully saturated rings. The molecule has 0 saturated heterocycles. The number of benzene rings is 1. The van der Waals surface area contributed by atoms with E-state index in [1.54, 1.807) is 7.11 Å². The molecule has 3 rings (SSSR count). The second kappa shape index (κ2) is 3.86. The van der Waals surface area contributed by atoms with Gasteiger partial charge >= 0.3 is 0 Å². The quantitative estimate of drug-likeness (QED) is 0.735. The van der Waals surface area contributed by atoms with Gasteiger partial charge in [0, 0.05) is 14.2 Å². The zero-order chi connectivity index (χ0) is 11.8. The van der Waals surface area contributed by atoms with Gasteiger partial charge in [0.1, 0.15) is 6.10 Å². The van der Waals surface area contributed by atoms with Crippen LogP contribution in [0.2, 0.25) is 0 Å². The highest BCUT2D eigenvalue weighted by atomic mass is 16.5. The number of fused-ring (bicyclic) bond motifs is 2. The van der Waals surface area contributed by atoms with Crippen molar-refractivity contribution in [3.05, 3.63) is 48.2 Å². The lowest BCUT2D eigenvalue weighted by Gasteiger charge is -2.32. The fourth-order valence-electron chi connectivity index (χ4n) is 2.27. The minimum atomic E-state index is -0.0502. The maximum Gasteiger partial charge on any atom is 0.120 e. The average Bonchev–Trinajstić information content (AvgIpc) is 2.38. The Bertz CT molecular complexity index is 543. The van der Waals surface area contributed by atoms with Crippen LogP contribution in [-0.2, 0) is 4.74 Å². The Balaban J connectivity index is 2.17. The van der Waals surface area contributed by atoms with Crippen molar-refractivity contribution in [2.45, 2.75) is 6.10 Å². The summed E-state index contributed by atoms with van der Waals surface area (Å²) in [5.74, 6) is 0. The molecule has 0 bridgehead atoms. The monoisotopic (exact) mass is 226 g/mol. The number of methoxy groups -OCH3 is 1. The van der Waals surface area contributed by atoms with Crippen LogP contribution >= 0.6 is 0 Å². The van der Waals surface area contributed by atoms with Crippen molar-refractivity contribution in [1.82, 2.24) is 0 Å². The summed E-state index contributed by atoms with van der Waals surface area (Å²) in [5.41, 5.74) is 4.22. The van der Waals surface area contributed by atoms with Crippen LogP contribution in [0.4, 0.5) is 11.4 Å². The molecule has 3 heteroatoms. The number of para-hydroxylation sites is 2. The zero-order valence-corrected chi connectivity index (χ0v) is 9.92. The Hall–Kier alpha value is -1.87. The van der Waals surface area contributed by atoms with Gasteiger partial charge in [-0.3, -0.25) is 0 Å². The molecule has 0 amide bonds. The van der Waals surface area contributed by atoms with Crippen LogP contribution in [0, 0.1) is 0 Å². The average molecular weight is 226 g/mol. The number of allylic oxidation sites excluding steroid dienone is 2. The fourth-order valence-corrected chi connectivity index (χ4v) is 2.27. The van der Waals surface area contributed by atoms with E-state index in [2.05, 4.69) is 24.1 Å². The highest BCUT2D eigenvalue weighted by Gasteiger charge is 2.27. The summed E-state index contributed by atoms with van der Waals surface area (Å²) in [5, 5.41) is 0. The highest BCUT2D eigenvalue weighted by molar-refractivity contribution is 6.12. The van der Waals surface area contributed by atoms with Gasteiger partial charge in [-0.05, 0) is 24.3 Å². The van der Waals surface area contributed by atoms with Gasteiger partial charge in [-0.2, -0.15) is 0 Å². The number of anilines is 1. The Morgan fingerprint density at radius 1 is 1.29 bits per heavy atom. The van der Waals surface area contributed by atoms with Crippen LogP contribution in [0.15, 0.2) is 53.2 Å². The number of hydrogen-bond acceptors (Lipinski definition) is 3. The van der Waals surface area contributed by atoms with Crippen molar-refractivity contribution < 1.29 is 4.74 Å². The topological polar surface area (TPSA) is 24.8 Å². The second-order valence-corrected chi connectivity index (χ2v) is 4.14. The summed E-state index contributed by atoms with van der Waals surface area (Å²) in [4.78, 5) is 6.86. The van der Waals surface area contributed by atoms with Crippen molar-refractivity contribution in [1.29, 1.82) is 0 Å². The first-order valence-electron chi connectivity index (χ1n) is 5.64. The molecule has 0 radical (unpaired) electrons. The molecule has 1 heterocycles. The predicted octanol–water partition coefficient (Wildman–Crippen LogP) is 2.68. The number of nitrogens with zero attached hydrogens (tertiary/aromatic N) is 2. The third-order valence-electron chi connectivity index (χ3n) is 3.17. The molecule has 1 aromatic carbocycles. The minimum absolute atomic E-state index is 0.0502. The van der Waals surface area contributed by atoms with E-state index in [-0.39, 0.29) is 6.10 Å². The lowest BCUT2D eigenvalue weighted by molar-refractivity contribution is 0.191. The molecule has 0 spiro atoms. The molecule has 1 aliphatic heterocycles. The molecule has 1 aliphatic carbocycles. The normalized spacial score (nSPS) is 21.5. The van der Waals surface area contributed by atoms with E-state index in [4.69, 9.17) is 9.73 Å². The molecular weight excluding hydrogens is 212 g/mol. The third-order valence-corrected chi connectivity index (χ3v) is 3.17. The number of rotatable bonds is 1. The van der Waals surface area contributed by atoms with Crippen molar-refractivity contribution in [2.75, 3.05) is 19.1 Å². The van der Waals surface area contributed by atoms with Gasteiger partial charge in [0.25, 0.3) is 0 Å². The van der Waals surface area contributed by atoms with E-state index in [0.29, 0.717) is 0 Å². The van der Waals surface area contributed by atoms with Crippen molar-refractivity contribution in [2.24, 2.45) is 4.99 Å². The minimum Gasteiger partial charge on any atom is -0.371 e. The summed E-state index contributed by atoms with van der Waals surface area (Å²) < 4.78 is 5.44. The SMILES string of the molecule is COC1C=CC=C2C1=Nc1ccccc1N2C. The summed E-state index contributed by atoms with van der Waals surface area (Å²) in [6, 6.07) is 8.14. The van der Waals surface area contributed by atoms with Crippen molar-refractivity contribution in [3.8, 4) is 0 Å². The first-order valence-corrected chi connectivity index (χ1v) is 5.64. The summed E-state index contributed by atoms with van der Waals surface area (Å²) in [6.07, 6.45) is 6.06. The molecule has 3 nitrogen and oxygen atoms in total. The summed E-state index contributed by atoms with van der Waals surface area (Å²) in [7, 11) is 3.77. The van der Waals surface area contributed by atoms with E-state index in [9.17, 15) is 0 Å². The Labute approximate surface area is 101 Å². The lowest BCUT2D eigenvalue weighted by atomic mass is 10.0. The number of ether oxygens (including phenoxy) is 1. The smallest absolute Gasteiger partial charge is 0.120 e. The van der Waals surface area contributed by atoms with Crippen molar-refractivity contribution in [3.63, 3.8) is 0 Å². The van der Waals surface area contributed by atoms with E-state index < -0.39 is 0 Å². The lowest BCUT2D eigenvalue weighted by Crippen LogP contribution is -2.35. The largest absolute Gasteiger partial charge is 0.371 e. The predicted molar refractivity (Wildman–Crippen MR) is 70.0 cm³/mol. The third kappa shape index (κ3) is 1.51. The second-order valence-electron chi connectivity index (χ2n) is 4.14. The summed E-state index contributed by atoms with van der Waals surface area (Å²) >= 11 is 0. The first kappa shape index (κ1) is 10.3. The van der Waals surface area contributed by atoms with Gasteiger partial charge < -0.3 is 9.64 Å². The van der Waals surface area contributed by atoms with E-state index in [1.165, 1.54) is 0 Å². The molecule has 1 aromatic rings. The Morgan fingerprint density at radius 2 is 2.12 bits per heavy atom. The Morgan fingerprint density at radius 3 is 2.94 bits per heavy atom. The number of aliphatic imine (C=N–C) groups is 1. The number of hydrogen-bond donors (Lipinski definition) is 0. The molecule has 17 heavy (non-hydrogen) atoms. The van der Waals surface area contributed by atoms with Crippen LogP contribution in [-0.4, -0.2) is 26.0 Å². The summed E-state index contributed by atoms with van der Waals surface area (Å²) in [6.45, 7) is 0. The fraction of sp³-hybridized carbons (Fsp3) is 0.214. The van der Waals surface area contributed by atoms with Gasteiger partial charge in [0.15, 0.2) is 0 Å². The van der Waals surface area contributed by atoms with Gasteiger partial charge in [0.2, 0.25) is 0 Å². The first-order chi connectivity index (χ1) is 8.31. The maximum absolute atomic E-state index is 5.44. The van der Waals surface area contributed by atoms with Crippen LogP contribution in [0.5, 0.6) is 0 Å². The standard InChI is InChI=1S/C14H14N2O/c1-16-11-7-4-3-6-10(11)15-14-12(16)8-5-9-13(14)17-2/h3-9,13H,1-2H3. The molecule has 0 aromatic heterocycles.